The number of ether oxygens (including phenoxy) is 1. The van der Waals surface area contributed by atoms with Gasteiger partial charge in [-0.2, -0.15) is 8.42 Å². The number of hydrogen-bond donors (Lipinski definition) is 0. The van der Waals surface area contributed by atoms with Gasteiger partial charge in [0, 0.05) is 18.2 Å². The molecule has 0 N–H and O–H groups in total. The van der Waals surface area contributed by atoms with Crippen molar-refractivity contribution >= 4 is 27.5 Å². The van der Waals surface area contributed by atoms with E-state index in [9.17, 15) is 23.3 Å². The summed E-state index contributed by atoms with van der Waals surface area (Å²) in [5.74, 6) is -0.323. The van der Waals surface area contributed by atoms with Crippen LogP contribution in [0, 0.1) is 10.1 Å². The molecule has 1 fully saturated rings. The molecule has 0 radical (unpaired) electrons. The van der Waals surface area contributed by atoms with E-state index in [0.29, 0.717) is 30.5 Å². The first-order chi connectivity index (χ1) is 13.9. The normalized spacial score (nSPS) is 19.5. The predicted molar refractivity (Wildman–Crippen MR) is 103 cm³/mol. The zero-order valence-corrected chi connectivity index (χ0v) is 16.0. The number of carbonyl (C=O) groups is 1. The summed E-state index contributed by atoms with van der Waals surface area (Å²) in [5.41, 5.74) is 0.635. The number of nitrogens with zero attached hydrogens (tertiary/aromatic N) is 3. The first-order valence-corrected chi connectivity index (χ1v) is 10.4. The number of nitro benzene ring substituents is 1. The standard InChI is InChI=1S/C19H17N3O6S/c23-19(28-12-13-6-1-3-8-15(13)22(24)25)16-9-5-11-21(16)18-14-7-2-4-10-17(14)29(26,27)20-18/h1-4,6-8,10,16H,5,9,11-12H2/t16-/m0/s1. The maximum Gasteiger partial charge on any atom is 0.329 e. The van der Waals surface area contributed by atoms with Crippen molar-refractivity contribution in [1.82, 2.24) is 4.90 Å². The van der Waals surface area contributed by atoms with Gasteiger partial charge < -0.3 is 9.64 Å². The average molecular weight is 415 g/mol. The Morgan fingerprint density at radius 1 is 1.21 bits per heavy atom. The Balaban J connectivity index is 1.54. The second-order valence-electron chi connectivity index (χ2n) is 6.73. The van der Waals surface area contributed by atoms with Crippen molar-refractivity contribution in [3.8, 4) is 0 Å². The topological polar surface area (TPSA) is 119 Å². The van der Waals surface area contributed by atoms with Gasteiger partial charge in [0.1, 0.15) is 17.5 Å². The Bertz CT molecular complexity index is 1130. The zero-order chi connectivity index (χ0) is 20.6. The van der Waals surface area contributed by atoms with Crippen LogP contribution in [0.5, 0.6) is 0 Å². The quantitative estimate of drug-likeness (QED) is 0.427. The van der Waals surface area contributed by atoms with Crippen molar-refractivity contribution in [3.05, 3.63) is 69.8 Å². The van der Waals surface area contributed by atoms with Gasteiger partial charge in [-0.3, -0.25) is 10.1 Å². The lowest BCUT2D eigenvalue weighted by Crippen LogP contribution is -2.41. The van der Waals surface area contributed by atoms with Crippen LogP contribution in [-0.2, 0) is 26.2 Å². The number of esters is 1. The molecular formula is C19H17N3O6S. The summed E-state index contributed by atoms with van der Waals surface area (Å²) in [5, 5.41) is 11.1. The molecule has 1 atom stereocenters. The molecular weight excluding hydrogens is 398 g/mol. The maximum absolute atomic E-state index is 12.7. The molecule has 0 amide bonds. The highest BCUT2D eigenvalue weighted by molar-refractivity contribution is 7.90. The molecule has 0 spiro atoms. The van der Waals surface area contributed by atoms with E-state index in [1.807, 2.05) is 0 Å². The average Bonchev–Trinajstić information content (AvgIpc) is 3.29. The molecule has 10 heteroatoms. The van der Waals surface area contributed by atoms with E-state index in [1.54, 1.807) is 29.2 Å². The summed E-state index contributed by atoms with van der Waals surface area (Å²) < 4.78 is 33.8. The number of carbonyl (C=O) groups excluding carboxylic acids is 1. The molecule has 150 valence electrons. The van der Waals surface area contributed by atoms with Gasteiger partial charge in [-0.05, 0) is 31.0 Å². The molecule has 0 unspecified atom stereocenters. The van der Waals surface area contributed by atoms with Crippen LogP contribution in [0.4, 0.5) is 5.69 Å². The lowest BCUT2D eigenvalue weighted by atomic mass is 10.1. The fourth-order valence-electron chi connectivity index (χ4n) is 3.62. The predicted octanol–water partition coefficient (Wildman–Crippen LogP) is 2.25. The Labute approximate surface area is 166 Å². The molecule has 2 aliphatic rings. The number of likely N-dealkylation sites (tertiary alicyclic amines) is 1. The van der Waals surface area contributed by atoms with Gasteiger partial charge in [0.25, 0.3) is 15.7 Å². The summed E-state index contributed by atoms with van der Waals surface area (Å²) in [4.78, 5) is 25.0. The van der Waals surface area contributed by atoms with E-state index in [-0.39, 0.29) is 23.0 Å². The van der Waals surface area contributed by atoms with E-state index in [2.05, 4.69) is 4.40 Å². The molecule has 0 bridgehead atoms. The highest BCUT2D eigenvalue weighted by Gasteiger charge is 2.40. The summed E-state index contributed by atoms with van der Waals surface area (Å²) in [6.07, 6.45) is 1.16. The molecule has 0 saturated carbocycles. The van der Waals surface area contributed by atoms with E-state index >= 15 is 0 Å². The molecule has 0 aromatic heterocycles. The Morgan fingerprint density at radius 3 is 2.72 bits per heavy atom. The molecule has 2 aliphatic heterocycles. The third-order valence-electron chi connectivity index (χ3n) is 4.97. The zero-order valence-electron chi connectivity index (χ0n) is 15.2. The van der Waals surface area contributed by atoms with E-state index in [4.69, 9.17) is 4.74 Å². The minimum absolute atomic E-state index is 0.119. The number of amidine groups is 1. The Hall–Kier alpha value is -3.27. The summed E-state index contributed by atoms with van der Waals surface area (Å²) in [6, 6.07) is 11.8. The fraction of sp³-hybridized carbons (Fsp3) is 0.263. The number of para-hydroxylation sites is 1. The fourth-order valence-corrected chi connectivity index (χ4v) is 4.83. The smallest absolute Gasteiger partial charge is 0.329 e. The van der Waals surface area contributed by atoms with E-state index < -0.39 is 27.0 Å². The van der Waals surface area contributed by atoms with Crippen LogP contribution in [0.15, 0.2) is 57.8 Å². The SMILES string of the molecule is O=C(OCc1ccccc1[N+](=O)[O-])[C@@H]1CCCN1C1=NS(=O)(=O)c2ccccc21. The third kappa shape index (κ3) is 3.46. The molecule has 29 heavy (non-hydrogen) atoms. The van der Waals surface area contributed by atoms with E-state index in [1.165, 1.54) is 24.3 Å². The number of hydrogen-bond acceptors (Lipinski definition) is 7. The first kappa shape index (κ1) is 19.1. The second-order valence-corrected chi connectivity index (χ2v) is 8.30. The third-order valence-corrected chi connectivity index (χ3v) is 6.29. The van der Waals surface area contributed by atoms with Crippen LogP contribution < -0.4 is 0 Å². The van der Waals surface area contributed by atoms with Crippen LogP contribution in [0.3, 0.4) is 0 Å². The van der Waals surface area contributed by atoms with Crippen molar-refractivity contribution in [3.63, 3.8) is 0 Å². The lowest BCUT2D eigenvalue weighted by molar-refractivity contribution is -0.385. The van der Waals surface area contributed by atoms with Crippen molar-refractivity contribution in [2.24, 2.45) is 4.40 Å². The molecule has 1 saturated heterocycles. The minimum atomic E-state index is -3.79. The summed E-state index contributed by atoms with van der Waals surface area (Å²) >= 11 is 0. The summed E-state index contributed by atoms with van der Waals surface area (Å²) in [7, 11) is -3.79. The highest BCUT2D eigenvalue weighted by atomic mass is 32.2. The van der Waals surface area contributed by atoms with Gasteiger partial charge in [-0.1, -0.05) is 24.3 Å². The number of rotatable bonds is 4. The van der Waals surface area contributed by atoms with E-state index in [0.717, 1.165) is 0 Å². The van der Waals surface area contributed by atoms with Crippen molar-refractivity contribution in [2.75, 3.05) is 6.54 Å². The van der Waals surface area contributed by atoms with Gasteiger partial charge in [0.05, 0.1) is 10.5 Å². The summed E-state index contributed by atoms with van der Waals surface area (Å²) in [6.45, 7) is 0.232. The number of nitro groups is 1. The molecule has 9 nitrogen and oxygen atoms in total. The van der Waals surface area contributed by atoms with Crippen molar-refractivity contribution in [1.29, 1.82) is 0 Å². The van der Waals surface area contributed by atoms with Gasteiger partial charge in [0.15, 0.2) is 5.84 Å². The highest BCUT2D eigenvalue weighted by Crippen LogP contribution is 2.31. The number of benzene rings is 2. The van der Waals surface area contributed by atoms with Crippen LogP contribution in [-0.4, -0.2) is 42.6 Å². The molecule has 2 heterocycles. The van der Waals surface area contributed by atoms with Crippen LogP contribution in [0.25, 0.3) is 0 Å². The lowest BCUT2D eigenvalue weighted by Gasteiger charge is -2.24. The number of sulfonamides is 1. The minimum Gasteiger partial charge on any atom is -0.459 e. The number of fused-ring (bicyclic) bond motifs is 1. The first-order valence-electron chi connectivity index (χ1n) is 8.98. The molecule has 4 rings (SSSR count). The molecule has 0 aliphatic carbocycles. The van der Waals surface area contributed by atoms with Gasteiger partial charge >= 0.3 is 5.97 Å². The molecule has 2 aromatic rings. The molecule has 2 aromatic carbocycles. The maximum atomic E-state index is 12.7. The Morgan fingerprint density at radius 2 is 1.93 bits per heavy atom. The largest absolute Gasteiger partial charge is 0.459 e. The second kappa shape index (κ2) is 7.28. The monoisotopic (exact) mass is 415 g/mol. The van der Waals surface area contributed by atoms with Crippen LogP contribution in [0.1, 0.15) is 24.0 Å². The van der Waals surface area contributed by atoms with Gasteiger partial charge in [-0.25, -0.2) is 4.79 Å². The van der Waals surface area contributed by atoms with Crippen LogP contribution in [0.2, 0.25) is 0 Å². The van der Waals surface area contributed by atoms with Crippen molar-refractivity contribution in [2.45, 2.75) is 30.4 Å². The van der Waals surface area contributed by atoms with Crippen LogP contribution >= 0.6 is 0 Å². The Kier molecular flexibility index (Phi) is 4.79. The van der Waals surface area contributed by atoms with Gasteiger partial charge in [-0.15, -0.1) is 4.40 Å². The van der Waals surface area contributed by atoms with Crippen molar-refractivity contribution < 1.29 is 22.9 Å². The van der Waals surface area contributed by atoms with Gasteiger partial charge in [0.2, 0.25) is 0 Å².